The third kappa shape index (κ3) is 4.22. The van der Waals surface area contributed by atoms with Gasteiger partial charge in [0.25, 0.3) is 5.69 Å². The van der Waals surface area contributed by atoms with Crippen LogP contribution in [0.15, 0.2) is 18.2 Å². The van der Waals surface area contributed by atoms with Crippen LogP contribution in [0.4, 0.5) is 5.69 Å². The fourth-order valence-electron chi connectivity index (χ4n) is 1.59. The van der Waals surface area contributed by atoms with Crippen molar-refractivity contribution >= 4 is 11.7 Å². The van der Waals surface area contributed by atoms with E-state index in [1.54, 1.807) is 14.0 Å². The summed E-state index contributed by atoms with van der Waals surface area (Å²) in [6.45, 7) is 1.92. The molecule has 0 spiro atoms. The van der Waals surface area contributed by atoms with Crippen molar-refractivity contribution < 1.29 is 19.6 Å². The molecular weight excluding hydrogens is 252 g/mol. The zero-order chi connectivity index (χ0) is 14.4. The quantitative estimate of drug-likeness (QED) is 0.571. The number of nitro groups is 1. The number of hydrogen-bond donors (Lipinski definition) is 2. The summed E-state index contributed by atoms with van der Waals surface area (Å²) in [7, 11) is 1.57. The second-order valence-electron chi connectivity index (χ2n) is 4.02. The lowest BCUT2D eigenvalue weighted by Gasteiger charge is -2.13. The fourth-order valence-corrected chi connectivity index (χ4v) is 1.59. The van der Waals surface area contributed by atoms with Crippen molar-refractivity contribution in [3.05, 3.63) is 33.9 Å². The smallest absolute Gasteiger partial charge is 0.320 e. The number of nitrogens with one attached hydrogen (secondary N) is 1. The molecule has 0 aromatic heterocycles. The van der Waals surface area contributed by atoms with Gasteiger partial charge in [-0.3, -0.25) is 14.9 Å². The van der Waals surface area contributed by atoms with Gasteiger partial charge in [0.15, 0.2) is 0 Å². The molecule has 0 saturated heterocycles. The summed E-state index contributed by atoms with van der Waals surface area (Å²) < 4.78 is 5.43. The largest absolute Gasteiger partial charge is 0.493 e. The van der Waals surface area contributed by atoms with Crippen LogP contribution in [0.5, 0.6) is 5.75 Å². The van der Waals surface area contributed by atoms with Crippen LogP contribution >= 0.6 is 0 Å². The molecule has 0 bridgehead atoms. The third-order valence-electron chi connectivity index (χ3n) is 2.68. The average molecular weight is 268 g/mol. The van der Waals surface area contributed by atoms with Crippen molar-refractivity contribution in [2.24, 2.45) is 0 Å². The minimum Gasteiger partial charge on any atom is -0.493 e. The van der Waals surface area contributed by atoms with Crippen LogP contribution in [-0.4, -0.2) is 35.7 Å². The van der Waals surface area contributed by atoms with Crippen molar-refractivity contribution in [1.29, 1.82) is 0 Å². The van der Waals surface area contributed by atoms with Gasteiger partial charge < -0.3 is 15.2 Å². The maximum absolute atomic E-state index is 10.8. The zero-order valence-electron chi connectivity index (χ0n) is 10.8. The normalized spacial score (nSPS) is 11.9. The number of hydrogen-bond acceptors (Lipinski definition) is 5. The van der Waals surface area contributed by atoms with E-state index in [-0.39, 0.29) is 12.3 Å². The number of nitrogens with zero attached hydrogens (tertiary/aromatic N) is 1. The molecule has 7 heteroatoms. The summed E-state index contributed by atoms with van der Waals surface area (Å²) in [4.78, 5) is 20.9. The van der Waals surface area contributed by atoms with Crippen molar-refractivity contribution in [2.45, 2.75) is 19.4 Å². The van der Waals surface area contributed by atoms with Gasteiger partial charge in [-0.2, -0.15) is 0 Å². The number of aryl methyl sites for hydroxylation is 1. The number of carbonyl (C=O) groups is 1. The standard InChI is InChI=1S/C12H16N2O5/c1-8-7-9(14(17)18)3-4-11(8)19-6-5-10(13-2)12(15)16/h3-4,7,10,13H,5-6H2,1-2H3,(H,15,16). The van der Waals surface area contributed by atoms with Gasteiger partial charge in [-0.25, -0.2) is 0 Å². The summed E-state index contributed by atoms with van der Waals surface area (Å²) in [5.74, 6) is -0.419. The van der Waals surface area contributed by atoms with Gasteiger partial charge in [-0.1, -0.05) is 0 Å². The van der Waals surface area contributed by atoms with Crippen molar-refractivity contribution in [1.82, 2.24) is 5.32 Å². The Hall–Kier alpha value is -2.15. The number of rotatable bonds is 7. The molecule has 7 nitrogen and oxygen atoms in total. The van der Waals surface area contributed by atoms with Crippen LogP contribution in [0.3, 0.4) is 0 Å². The summed E-state index contributed by atoms with van der Waals surface area (Å²) in [5.41, 5.74) is 0.647. The Morgan fingerprint density at radius 2 is 2.26 bits per heavy atom. The van der Waals surface area contributed by atoms with E-state index in [0.717, 1.165) is 0 Å². The lowest BCUT2D eigenvalue weighted by atomic mass is 10.2. The number of aliphatic carboxylic acids is 1. The molecule has 104 valence electrons. The van der Waals surface area contributed by atoms with Crippen LogP contribution in [0, 0.1) is 17.0 Å². The van der Waals surface area contributed by atoms with Gasteiger partial charge in [0.2, 0.25) is 0 Å². The number of likely N-dealkylation sites (N-methyl/N-ethyl adjacent to an activating group) is 1. The first-order valence-electron chi connectivity index (χ1n) is 5.73. The molecule has 2 N–H and O–H groups in total. The first-order valence-corrected chi connectivity index (χ1v) is 5.73. The van der Waals surface area contributed by atoms with Gasteiger partial charge in [-0.15, -0.1) is 0 Å². The predicted molar refractivity (Wildman–Crippen MR) is 68.4 cm³/mol. The van der Waals surface area contributed by atoms with E-state index in [9.17, 15) is 14.9 Å². The van der Waals surface area contributed by atoms with E-state index in [0.29, 0.717) is 17.7 Å². The topological polar surface area (TPSA) is 102 Å². The highest BCUT2D eigenvalue weighted by Crippen LogP contribution is 2.23. The monoisotopic (exact) mass is 268 g/mol. The number of benzene rings is 1. The number of non-ortho nitro benzene ring substituents is 1. The Bertz CT molecular complexity index is 475. The number of ether oxygens (including phenoxy) is 1. The van der Waals surface area contributed by atoms with E-state index < -0.39 is 16.9 Å². The molecule has 0 fully saturated rings. The fraction of sp³-hybridized carbons (Fsp3) is 0.417. The summed E-state index contributed by atoms with van der Waals surface area (Å²) in [6, 6.07) is 3.62. The molecule has 0 amide bonds. The van der Waals surface area contributed by atoms with E-state index in [2.05, 4.69) is 5.32 Å². The second kappa shape index (κ2) is 6.69. The van der Waals surface area contributed by atoms with E-state index in [1.165, 1.54) is 18.2 Å². The zero-order valence-corrected chi connectivity index (χ0v) is 10.8. The molecule has 1 atom stereocenters. The Morgan fingerprint density at radius 3 is 2.74 bits per heavy atom. The molecule has 1 aromatic rings. The molecule has 1 rings (SSSR count). The summed E-state index contributed by atoms with van der Waals surface area (Å²) in [6.07, 6.45) is 0.308. The van der Waals surface area contributed by atoms with Crippen LogP contribution in [-0.2, 0) is 4.79 Å². The van der Waals surface area contributed by atoms with Crippen LogP contribution in [0.2, 0.25) is 0 Å². The molecule has 1 aromatic carbocycles. The van der Waals surface area contributed by atoms with Crippen molar-refractivity contribution in [2.75, 3.05) is 13.7 Å². The van der Waals surface area contributed by atoms with Crippen molar-refractivity contribution in [3.63, 3.8) is 0 Å². The molecule has 0 saturated carbocycles. The van der Waals surface area contributed by atoms with Crippen LogP contribution in [0.25, 0.3) is 0 Å². The number of nitro benzene ring substituents is 1. The lowest BCUT2D eigenvalue weighted by molar-refractivity contribution is -0.384. The first-order chi connectivity index (χ1) is 8.95. The maximum Gasteiger partial charge on any atom is 0.320 e. The Balaban J connectivity index is 2.59. The van der Waals surface area contributed by atoms with E-state index >= 15 is 0 Å². The molecule has 0 aliphatic carbocycles. The van der Waals surface area contributed by atoms with Crippen LogP contribution in [0.1, 0.15) is 12.0 Å². The molecular formula is C12H16N2O5. The highest BCUT2D eigenvalue weighted by atomic mass is 16.6. The predicted octanol–water partition coefficient (Wildman–Crippen LogP) is 1.34. The highest BCUT2D eigenvalue weighted by molar-refractivity contribution is 5.73. The maximum atomic E-state index is 10.8. The Morgan fingerprint density at radius 1 is 1.58 bits per heavy atom. The minimum absolute atomic E-state index is 0.00323. The molecule has 19 heavy (non-hydrogen) atoms. The second-order valence-corrected chi connectivity index (χ2v) is 4.02. The highest BCUT2D eigenvalue weighted by Gasteiger charge is 2.15. The van der Waals surface area contributed by atoms with Gasteiger partial charge >= 0.3 is 5.97 Å². The van der Waals surface area contributed by atoms with Gasteiger partial charge in [0.05, 0.1) is 11.5 Å². The minimum atomic E-state index is -0.938. The van der Waals surface area contributed by atoms with Gasteiger partial charge in [-0.05, 0) is 25.6 Å². The molecule has 0 aliphatic rings. The van der Waals surface area contributed by atoms with Gasteiger partial charge in [0, 0.05) is 18.6 Å². The van der Waals surface area contributed by atoms with E-state index in [4.69, 9.17) is 9.84 Å². The van der Waals surface area contributed by atoms with Gasteiger partial charge in [0.1, 0.15) is 11.8 Å². The Labute approximate surface area is 110 Å². The summed E-state index contributed by atoms with van der Waals surface area (Å²) >= 11 is 0. The SMILES string of the molecule is CNC(CCOc1ccc([N+](=O)[O-])cc1C)C(=O)O. The third-order valence-corrected chi connectivity index (χ3v) is 2.68. The number of carboxylic acids is 1. The summed E-state index contributed by atoms with van der Waals surface area (Å²) in [5, 5.41) is 22.1. The molecule has 0 heterocycles. The average Bonchev–Trinajstić information content (AvgIpc) is 2.35. The first kappa shape index (κ1) is 14.9. The number of carboxylic acid groups (broad SMARTS) is 1. The van der Waals surface area contributed by atoms with Crippen LogP contribution < -0.4 is 10.1 Å². The molecule has 1 unspecified atom stereocenters. The Kier molecular flexibility index (Phi) is 5.25. The molecule has 0 aliphatic heterocycles. The van der Waals surface area contributed by atoms with E-state index in [1.807, 2.05) is 0 Å². The molecule has 0 radical (unpaired) electrons. The lowest BCUT2D eigenvalue weighted by Crippen LogP contribution is -2.35. The van der Waals surface area contributed by atoms with Crippen molar-refractivity contribution in [3.8, 4) is 5.75 Å².